The lowest BCUT2D eigenvalue weighted by Gasteiger charge is -2.17. The Balaban J connectivity index is 2.18. The summed E-state index contributed by atoms with van der Waals surface area (Å²) in [6.45, 7) is 6.62. The molecule has 2 rings (SSSR count). The fraction of sp³-hybridized carbons (Fsp3) is 0.500. The molecule has 1 N–H and O–H groups in total. The highest BCUT2D eigenvalue weighted by molar-refractivity contribution is 5.28. The molecule has 0 bridgehead atoms. The predicted molar refractivity (Wildman–Crippen MR) is 88.6 cm³/mol. The molecule has 0 aliphatic rings. The molecule has 1 heterocycles. The van der Waals surface area contributed by atoms with Gasteiger partial charge in [0.25, 0.3) is 0 Å². The van der Waals surface area contributed by atoms with Crippen LogP contribution >= 0.6 is 0 Å². The maximum Gasteiger partial charge on any atom is 0.0669 e. The van der Waals surface area contributed by atoms with Crippen LogP contribution in [0.2, 0.25) is 0 Å². The summed E-state index contributed by atoms with van der Waals surface area (Å²) in [6, 6.07) is 9.31. The second-order valence-corrected chi connectivity index (χ2v) is 6.00. The molecule has 1 atom stereocenters. The van der Waals surface area contributed by atoms with E-state index in [2.05, 4.69) is 61.6 Å². The standard InChI is InChI=1S/C18H27N3/c1-6-17-16(12-21(5)20-17)18(19-4)11-14-7-9-15(10-8-14)13(2)3/h7-10,12-13,18-19H,6,11H2,1-5H3. The van der Waals surface area contributed by atoms with Gasteiger partial charge < -0.3 is 5.32 Å². The van der Waals surface area contributed by atoms with E-state index in [0.717, 1.165) is 12.8 Å². The Labute approximate surface area is 128 Å². The van der Waals surface area contributed by atoms with Crippen LogP contribution < -0.4 is 5.32 Å². The van der Waals surface area contributed by atoms with Gasteiger partial charge in [-0.15, -0.1) is 0 Å². The number of rotatable bonds is 6. The first-order valence-electron chi connectivity index (χ1n) is 7.83. The van der Waals surface area contributed by atoms with E-state index in [1.54, 1.807) is 0 Å². The third kappa shape index (κ3) is 3.73. The molecule has 0 spiro atoms. The van der Waals surface area contributed by atoms with E-state index < -0.39 is 0 Å². The van der Waals surface area contributed by atoms with E-state index in [1.165, 1.54) is 22.4 Å². The van der Waals surface area contributed by atoms with E-state index in [1.807, 2.05) is 18.8 Å². The molecule has 0 aliphatic carbocycles. The zero-order chi connectivity index (χ0) is 15.4. The minimum Gasteiger partial charge on any atom is -0.313 e. The molecule has 3 heteroatoms. The van der Waals surface area contributed by atoms with E-state index in [9.17, 15) is 0 Å². The monoisotopic (exact) mass is 285 g/mol. The topological polar surface area (TPSA) is 29.9 Å². The number of aromatic nitrogens is 2. The zero-order valence-electron chi connectivity index (χ0n) is 13.9. The Hall–Kier alpha value is -1.61. The van der Waals surface area contributed by atoms with Gasteiger partial charge in [-0.1, -0.05) is 45.0 Å². The summed E-state index contributed by atoms with van der Waals surface area (Å²) < 4.78 is 1.92. The van der Waals surface area contributed by atoms with Gasteiger partial charge in [0.15, 0.2) is 0 Å². The molecule has 3 nitrogen and oxygen atoms in total. The summed E-state index contributed by atoms with van der Waals surface area (Å²) in [5.74, 6) is 0.587. The third-order valence-electron chi connectivity index (χ3n) is 4.08. The van der Waals surface area contributed by atoms with Gasteiger partial charge in [-0.25, -0.2) is 0 Å². The summed E-state index contributed by atoms with van der Waals surface area (Å²) in [5, 5.41) is 7.99. The van der Waals surface area contributed by atoms with E-state index in [4.69, 9.17) is 0 Å². The highest BCUT2D eigenvalue weighted by Crippen LogP contribution is 2.23. The molecule has 114 valence electrons. The second-order valence-electron chi connectivity index (χ2n) is 6.00. The summed E-state index contributed by atoms with van der Waals surface area (Å²) in [4.78, 5) is 0. The van der Waals surface area contributed by atoms with Crippen LogP contribution in [0.1, 0.15) is 55.1 Å². The Morgan fingerprint density at radius 2 is 1.86 bits per heavy atom. The quantitative estimate of drug-likeness (QED) is 0.878. The molecule has 21 heavy (non-hydrogen) atoms. The Morgan fingerprint density at radius 1 is 1.19 bits per heavy atom. The van der Waals surface area contributed by atoms with Crippen molar-refractivity contribution >= 4 is 0 Å². The fourth-order valence-electron chi connectivity index (χ4n) is 2.76. The van der Waals surface area contributed by atoms with Crippen molar-refractivity contribution in [3.8, 4) is 0 Å². The van der Waals surface area contributed by atoms with Gasteiger partial charge in [0, 0.05) is 24.8 Å². The van der Waals surface area contributed by atoms with Crippen LogP contribution in [0.4, 0.5) is 0 Å². The number of hydrogen-bond acceptors (Lipinski definition) is 2. The first-order valence-corrected chi connectivity index (χ1v) is 7.83. The van der Waals surface area contributed by atoms with Crippen molar-refractivity contribution < 1.29 is 0 Å². The largest absolute Gasteiger partial charge is 0.313 e. The minimum atomic E-state index is 0.318. The first-order chi connectivity index (χ1) is 10.0. The SMILES string of the molecule is CCc1nn(C)cc1C(Cc1ccc(C(C)C)cc1)NC. The van der Waals surface area contributed by atoms with Crippen molar-refractivity contribution in [3.63, 3.8) is 0 Å². The van der Waals surface area contributed by atoms with Gasteiger partial charge in [0.2, 0.25) is 0 Å². The zero-order valence-corrected chi connectivity index (χ0v) is 13.9. The van der Waals surface area contributed by atoms with Crippen molar-refractivity contribution in [2.45, 2.75) is 45.6 Å². The van der Waals surface area contributed by atoms with Crippen LogP contribution in [0.15, 0.2) is 30.5 Å². The Morgan fingerprint density at radius 3 is 2.38 bits per heavy atom. The molecule has 0 fully saturated rings. The lowest BCUT2D eigenvalue weighted by Crippen LogP contribution is -2.19. The van der Waals surface area contributed by atoms with E-state index >= 15 is 0 Å². The molecule has 0 saturated heterocycles. The van der Waals surface area contributed by atoms with Gasteiger partial charge in [-0.3, -0.25) is 4.68 Å². The Kier molecular flexibility index (Phi) is 5.18. The second kappa shape index (κ2) is 6.90. The molecule has 1 unspecified atom stereocenters. The number of benzene rings is 1. The molecular formula is C18H27N3. The minimum absolute atomic E-state index is 0.318. The summed E-state index contributed by atoms with van der Waals surface area (Å²) in [5.41, 5.74) is 5.27. The van der Waals surface area contributed by atoms with Crippen LogP contribution in [0.5, 0.6) is 0 Å². The molecule has 0 aliphatic heterocycles. The molecule has 1 aromatic carbocycles. The van der Waals surface area contributed by atoms with Crippen molar-refractivity contribution in [2.75, 3.05) is 7.05 Å². The lowest BCUT2D eigenvalue weighted by atomic mass is 9.96. The number of nitrogens with zero attached hydrogens (tertiary/aromatic N) is 2. The summed E-state index contributed by atoms with van der Waals surface area (Å²) >= 11 is 0. The fourth-order valence-corrected chi connectivity index (χ4v) is 2.76. The number of aryl methyl sites for hydroxylation is 2. The molecular weight excluding hydrogens is 258 g/mol. The van der Waals surface area contributed by atoms with Crippen molar-refractivity contribution in [2.24, 2.45) is 7.05 Å². The van der Waals surface area contributed by atoms with Crippen LogP contribution in [0.25, 0.3) is 0 Å². The number of likely N-dealkylation sites (N-methyl/N-ethyl adjacent to an activating group) is 1. The number of hydrogen-bond donors (Lipinski definition) is 1. The van der Waals surface area contributed by atoms with Gasteiger partial charge in [-0.05, 0) is 36.9 Å². The maximum atomic E-state index is 4.55. The third-order valence-corrected chi connectivity index (χ3v) is 4.08. The first kappa shape index (κ1) is 15.8. The normalized spacial score (nSPS) is 12.9. The lowest BCUT2D eigenvalue weighted by molar-refractivity contribution is 0.586. The molecule has 0 radical (unpaired) electrons. The van der Waals surface area contributed by atoms with Crippen LogP contribution in [0, 0.1) is 0 Å². The van der Waals surface area contributed by atoms with Crippen LogP contribution in [0.3, 0.4) is 0 Å². The number of nitrogens with one attached hydrogen (secondary N) is 1. The molecule has 2 aromatic rings. The Bertz CT molecular complexity index is 567. The smallest absolute Gasteiger partial charge is 0.0669 e. The van der Waals surface area contributed by atoms with Crippen molar-refractivity contribution in [1.29, 1.82) is 0 Å². The average molecular weight is 285 g/mol. The van der Waals surface area contributed by atoms with E-state index in [-0.39, 0.29) is 0 Å². The van der Waals surface area contributed by atoms with Gasteiger partial charge >= 0.3 is 0 Å². The molecule has 0 amide bonds. The predicted octanol–water partition coefficient (Wildman–Crippen LogP) is 3.61. The van der Waals surface area contributed by atoms with E-state index in [0.29, 0.717) is 12.0 Å². The van der Waals surface area contributed by atoms with Crippen LogP contribution in [-0.4, -0.2) is 16.8 Å². The highest BCUT2D eigenvalue weighted by Gasteiger charge is 2.16. The maximum absolute atomic E-state index is 4.55. The van der Waals surface area contributed by atoms with Gasteiger partial charge in [0.1, 0.15) is 0 Å². The van der Waals surface area contributed by atoms with Crippen LogP contribution in [-0.2, 0) is 19.9 Å². The highest BCUT2D eigenvalue weighted by atomic mass is 15.3. The van der Waals surface area contributed by atoms with Gasteiger partial charge in [0.05, 0.1) is 5.69 Å². The van der Waals surface area contributed by atoms with Crippen molar-refractivity contribution in [3.05, 3.63) is 52.8 Å². The summed E-state index contributed by atoms with van der Waals surface area (Å²) in [6.07, 6.45) is 4.11. The molecule has 0 saturated carbocycles. The average Bonchev–Trinajstić information content (AvgIpc) is 2.86. The van der Waals surface area contributed by atoms with Gasteiger partial charge in [-0.2, -0.15) is 5.10 Å². The van der Waals surface area contributed by atoms with Crippen molar-refractivity contribution in [1.82, 2.24) is 15.1 Å². The summed E-state index contributed by atoms with van der Waals surface area (Å²) in [7, 11) is 4.02. The molecule has 1 aromatic heterocycles.